The lowest BCUT2D eigenvalue weighted by molar-refractivity contribution is -0.139. The summed E-state index contributed by atoms with van der Waals surface area (Å²) in [6.45, 7) is 4.19. The van der Waals surface area contributed by atoms with Gasteiger partial charge in [-0.05, 0) is 85.4 Å². The highest BCUT2D eigenvalue weighted by molar-refractivity contribution is 7.98. The van der Waals surface area contributed by atoms with Gasteiger partial charge in [-0.15, -0.1) is 10.2 Å². The Labute approximate surface area is 222 Å². The summed E-state index contributed by atoms with van der Waals surface area (Å²) in [5.41, 5.74) is 3.73. The van der Waals surface area contributed by atoms with E-state index in [1.165, 1.54) is 6.42 Å². The zero-order valence-corrected chi connectivity index (χ0v) is 22.5. The van der Waals surface area contributed by atoms with Crippen molar-refractivity contribution < 1.29 is 14.7 Å². The monoisotopic (exact) mass is 521 g/mol. The van der Waals surface area contributed by atoms with Crippen LogP contribution in [0.2, 0.25) is 0 Å². The van der Waals surface area contributed by atoms with Gasteiger partial charge in [0.25, 0.3) is 5.91 Å². The van der Waals surface area contributed by atoms with Gasteiger partial charge in [-0.1, -0.05) is 54.8 Å². The van der Waals surface area contributed by atoms with Gasteiger partial charge in [0.2, 0.25) is 0 Å². The number of aliphatic carboxylic acids is 1. The Morgan fingerprint density at radius 2 is 1.92 bits per heavy atom. The molecule has 0 saturated heterocycles. The smallest absolute Gasteiger partial charge is 0.326 e. The first kappa shape index (κ1) is 26.9. The molecule has 0 aliphatic heterocycles. The van der Waals surface area contributed by atoms with Gasteiger partial charge < -0.3 is 10.4 Å². The van der Waals surface area contributed by atoms with Crippen molar-refractivity contribution in [3.05, 3.63) is 65.0 Å². The Morgan fingerprint density at radius 1 is 1.16 bits per heavy atom. The number of amides is 1. The van der Waals surface area contributed by atoms with E-state index in [-0.39, 0.29) is 0 Å². The third-order valence-electron chi connectivity index (χ3n) is 7.74. The second kappa shape index (κ2) is 11.9. The molecule has 3 N–H and O–H groups in total. The average Bonchev–Trinajstić information content (AvgIpc) is 3.46. The van der Waals surface area contributed by atoms with Crippen LogP contribution in [-0.4, -0.2) is 55.7 Å². The summed E-state index contributed by atoms with van der Waals surface area (Å²) >= 11 is 1.55. The second-order valence-corrected chi connectivity index (χ2v) is 11.0. The van der Waals surface area contributed by atoms with Gasteiger partial charge in [0.05, 0.1) is 5.41 Å². The number of aryl methyl sites for hydroxylation is 1. The molecule has 37 heavy (non-hydrogen) atoms. The van der Waals surface area contributed by atoms with E-state index < -0.39 is 23.3 Å². The number of H-pyrrole nitrogens is 1. The maximum absolute atomic E-state index is 13.5. The van der Waals surface area contributed by atoms with Crippen LogP contribution in [0.4, 0.5) is 0 Å². The van der Waals surface area contributed by atoms with Crippen molar-refractivity contribution in [2.45, 2.75) is 63.8 Å². The molecule has 196 valence electrons. The number of aromatic nitrogens is 4. The van der Waals surface area contributed by atoms with Gasteiger partial charge in [0.15, 0.2) is 5.82 Å². The van der Waals surface area contributed by atoms with Crippen molar-refractivity contribution in [3.63, 3.8) is 0 Å². The Hall–Kier alpha value is -3.20. The number of nitrogens with zero attached hydrogens (tertiary/aromatic N) is 3. The number of aromatic amines is 1. The standard InChI is InChI=1S/C28H35N5O3S/c1-18-9-7-8-12-21(18)23-17-20(13-14-22(23)25(34)29-24(26(35)36)15-16-37-3)28(2,27-30-32-33-31-27)19-10-5-4-6-11-19/h7-9,12-14,17,19,24H,4-6,10-11,15-16H2,1-3H3,(H,29,34)(H,35,36)(H,30,31,32,33). The van der Waals surface area contributed by atoms with Crippen molar-refractivity contribution >= 4 is 23.6 Å². The lowest BCUT2D eigenvalue weighted by Gasteiger charge is -2.38. The number of carbonyl (C=O) groups is 2. The van der Waals surface area contributed by atoms with Crippen LogP contribution < -0.4 is 5.32 Å². The Kier molecular flexibility index (Phi) is 8.63. The molecule has 9 heteroatoms. The van der Waals surface area contributed by atoms with Crippen molar-refractivity contribution in [1.29, 1.82) is 0 Å². The fraction of sp³-hybridized carbons (Fsp3) is 0.464. The molecule has 3 aromatic rings. The molecule has 0 spiro atoms. The summed E-state index contributed by atoms with van der Waals surface area (Å²) in [7, 11) is 0. The number of thioether (sulfide) groups is 1. The number of carbonyl (C=O) groups excluding carboxylic acids is 1. The minimum absolute atomic E-state index is 0.339. The third-order valence-corrected chi connectivity index (χ3v) is 8.39. The van der Waals surface area contributed by atoms with E-state index in [0.717, 1.165) is 47.9 Å². The summed E-state index contributed by atoms with van der Waals surface area (Å²) in [6.07, 6.45) is 7.98. The third kappa shape index (κ3) is 5.71. The molecule has 1 aromatic heterocycles. The number of carboxylic acids is 1. The Bertz CT molecular complexity index is 1230. The molecule has 2 unspecified atom stereocenters. The maximum Gasteiger partial charge on any atom is 0.326 e. The molecule has 2 aromatic carbocycles. The van der Waals surface area contributed by atoms with Crippen molar-refractivity contribution in [3.8, 4) is 11.1 Å². The van der Waals surface area contributed by atoms with E-state index in [2.05, 4.69) is 38.9 Å². The molecular formula is C28H35N5O3S. The fourth-order valence-corrected chi connectivity index (χ4v) is 5.97. The number of benzene rings is 2. The van der Waals surface area contributed by atoms with Crippen molar-refractivity contribution in [2.75, 3.05) is 12.0 Å². The van der Waals surface area contributed by atoms with E-state index in [1.54, 1.807) is 11.8 Å². The van der Waals surface area contributed by atoms with Crippen LogP contribution >= 0.6 is 11.8 Å². The Balaban J connectivity index is 1.82. The largest absolute Gasteiger partial charge is 0.480 e. The summed E-state index contributed by atoms with van der Waals surface area (Å²) < 4.78 is 0. The number of rotatable bonds is 10. The summed E-state index contributed by atoms with van der Waals surface area (Å²) in [4.78, 5) is 25.3. The first-order valence-electron chi connectivity index (χ1n) is 12.8. The summed E-state index contributed by atoms with van der Waals surface area (Å²) in [5, 5.41) is 27.7. The quantitative estimate of drug-likeness (QED) is 0.343. The van der Waals surface area contributed by atoms with Crippen molar-refractivity contribution in [2.24, 2.45) is 5.92 Å². The van der Waals surface area contributed by atoms with E-state index >= 15 is 0 Å². The number of nitrogens with one attached hydrogen (secondary N) is 2. The molecule has 1 amide bonds. The second-order valence-electron chi connectivity index (χ2n) is 9.99. The van der Waals surface area contributed by atoms with Gasteiger partial charge in [0, 0.05) is 5.56 Å². The predicted molar refractivity (Wildman–Crippen MR) is 146 cm³/mol. The van der Waals surface area contributed by atoms with Crippen LogP contribution in [0.5, 0.6) is 0 Å². The molecule has 1 heterocycles. The van der Waals surface area contributed by atoms with Gasteiger partial charge in [-0.3, -0.25) is 4.79 Å². The molecule has 1 fully saturated rings. The van der Waals surface area contributed by atoms with Gasteiger partial charge >= 0.3 is 5.97 Å². The predicted octanol–water partition coefficient (Wildman–Crippen LogP) is 5.00. The average molecular weight is 522 g/mol. The summed E-state index contributed by atoms with van der Waals surface area (Å²) in [5.74, 6) is 0.211. The van der Waals surface area contributed by atoms with E-state index in [9.17, 15) is 14.7 Å². The van der Waals surface area contributed by atoms with E-state index in [0.29, 0.717) is 29.5 Å². The SMILES string of the molecule is CSCCC(NC(=O)c1ccc(C(C)(c2nn[nH]n2)C2CCCCC2)cc1-c1ccccc1C)C(=O)O. The van der Waals surface area contributed by atoms with Crippen LogP contribution in [0.15, 0.2) is 42.5 Å². The number of tetrazole rings is 1. The molecule has 1 saturated carbocycles. The fourth-order valence-electron chi connectivity index (χ4n) is 5.50. The van der Waals surface area contributed by atoms with Gasteiger partial charge in [0.1, 0.15) is 6.04 Å². The number of carboxylic acid groups (broad SMARTS) is 1. The zero-order valence-electron chi connectivity index (χ0n) is 21.7. The molecule has 2 atom stereocenters. The number of hydrogen-bond donors (Lipinski definition) is 3. The maximum atomic E-state index is 13.5. The van der Waals surface area contributed by atoms with Crippen LogP contribution in [0.25, 0.3) is 11.1 Å². The highest BCUT2D eigenvalue weighted by Crippen LogP contribution is 2.45. The molecular weight excluding hydrogens is 486 g/mol. The van der Waals surface area contributed by atoms with Crippen molar-refractivity contribution in [1.82, 2.24) is 25.9 Å². The highest BCUT2D eigenvalue weighted by atomic mass is 32.2. The zero-order chi connectivity index (χ0) is 26.4. The summed E-state index contributed by atoms with van der Waals surface area (Å²) in [6, 6.07) is 12.9. The highest BCUT2D eigenvalue weighted by Gasteiger charge is 2.42. The normalized spacial score (nSPS) is 16.6. The van der Waals surface area contributed by atoms with Gasteiger partial charge in [-0.2, -0.15) is 17.0 Å². The molecule has 4 rings (SSSR count). The van der Waals surface area contributed by atoms with E-state index in [1.807, 2.05) is 49.6 Å². The molecule has 0 bridgehead atoms. The van der Waals surface area contributed by atoms with E-state index in [4.69, 9.17) is 0 Å². The topological polar surface area (TPSA) is 121 Å². The number of hydrogen-bond acceptors (Lipinski definition) is 6. The van der Waals surface area contributed by atoms with Crippen LogP contribution in [-0.2, 0) is 10.2 Å². The minimum Gasteiger partial charge on any atom is -0.480 e. The molecule has 0 radical (unpaired) electrons. The first-order chi connectivity index (χ1) is 17.9. The lowest BCUT2D eigenvalue weighted by Crippen LogP contribution is -2.41. The van der Waals surface area contributed by atoms with Crippen LogP contribution in [0.3, 0.4) is 0 Å². The van der Waals surface area contributed by atoms with Crippen LogP contribution in [0, 0.1) is 12.8 Å². The first-order valence-corrected chi connectivity index (χ1v) is 14.2. The molecule has 8 nitrogen and oxygen atoms in total. The van der Waals surface area contributed by atoms with Gasteiger partial charge in [-0.25, -0.2) is 4.79 Å². The lowest BCUT2D eigenvalue weighted by atomic mass is 9.65. The van der Waals surface area contributed by atoms with Crippen LogP contribution in [0.1, 0.15) is 72.8 Å². The molecule has 1 aliphatic carbocycles. The molecule has 1 aliphatic rings. The minimum atomic E-state index is -1.03. The Morgan fingerprint density at radius 3 is 2.57 bits per heavy atom.